The van der Waals surface area contributed by atoms with Gasteiger partial charge in [0.2, 0.25) is 0 Å². The molecular weight excluding hydrogens is 328 g/mol. The number of amides is 2. The molecule has 0 atom stereocenters. The Morgan fingerprint density at radius 3 is 2.62 bits per heavy atom. The van der Waals surface area contributed by atoms with E-state index in [1.165, 1.54) is 5.56 Å². The van der Waals surface area contributed by atoms with E-state index >= 15 is 0 Å². The van der Waals surface area contributed by atoms with Crippen molar-refractivity contribution >= 4 is 11.7 Å². The summed E-state index contributed by atoms with van der Waals surface area (Å²) >= 11 is 0. The van der Waals surface area contributed by atoms with Gasteiger partial charge in [0, 0.05) is 38.6 Å². The molecule has 0 unspecified atom stereocenters. The van der Waals surface area contributed by atoms with Gasteiger partial charge in [-0.25, -0.2) is 4.79 Å². The Morgan fingerprint density at radius 1 is 1.19 bits per heavy atom. The first-order valence-electron chi connectivity index (χ1n) is 9.49. The van der Waals surface area contributed by atoms with E-state index < -0.39 is 0 Å². The van der Waals surface area contributed by atoms with Gasteiger partial charge in [-0.1, -0.05) is 35.5 Å². The molecular formula is C20H26N4O2. The lowest BCUT2D eigenvalue weighted by molar-refractivity contribution is 0.148. The Bertz CT molecular complexity index is 746. The zero-order chi connectivity index (χ0) is 17.9. The first-order chi connectivity index (χ1) is 12.7. The number of hydrogen-bond acceptors (Lipinski definition) is 4. The number of carbonyl (C=O) groups is 1. The lowest BCUT2D eigenvalue weighted by Crippen LogP contribution is -2.50. The zero-order valence-electron chi connectivity index (χ0n) is 15.3. The average molecular weight is 354 g/mol. The number of anilines is 1. The van der Waals surface area contributed by atoms with Gasteiger partial charge in [-0.05, 0) is 31.7 Å². The van der Waals surface area contributed by atoms with E-state index in [2.05, 4.69) is 39.6 Å². The molecule has 2 aliphatic rings. The summed E-state index contributed by atoms with van der Waals surface area (Å²) in [6, 6.07) is 10.5. The number of piperazine rings is 1. The van der Waals surface area contributed by atoms with Crippen LogP contribution in [0.2, 0.25) is 0 Å². The molecule has 26 heavy (non-hydrogen) atoms. The number of carbonyl (C=O) groups excluding carboxylic acids is 1. The van der Waals surface area contributed by atoms with Gasteiger partial charge in [-0.2, -0.15) is 0 Å². The van der Waals surface area contributed by atoms with Gasteiger partial charge in [0.25, 0.3) is 0 Å². The van der Waals surface area contributed by atoms with Gasteiger partial charge in [-0.3, -0.25) is 4.90 Å². The molecule has 138 valence electrons. The number of benzene rings is 1. The second-order valence-corrected chi connectivity index (χ2v) is 7.28. The Labute approximate surface area is 154 Å². The molecule has 2 fully saturated rings. The third kappa shape index (κ3) is 3.90. The van der Waals surface area contributed by atoms with E-state index in [1.54, 1.807) is 0 Å². The molecule has 2 amide bonds. The van der Waals surface area contributed by atoms with E-state index in [1.807, 2.05) is 17.9 Å². The highest BCUT2D eigenvalue weighted by molar-refractivity contribution is 5.90. The third-order valence-corrected chi connectivity index (χ3v) is 5.29. The second-order valence-electron chi connectivity index (χ2n) is 7.28. The minimum absolute atomic E-state index is 0.0408. The largest absolute Gasteiger partial charge is 0.359 e. The Balaban J connectivity index is 1.27. The van der Waals surface area contributed by atoms with Crippen LogP contribution < -0.4 is 5.32 Å². The number of rotatable bonds is 5. The summed E-state index contributed by atoms with van der Waals surface area (Å²) in [5.74, 6) is 1.28. The van der Waals surface area contributed by atoms with Crippen LogP contribution in [0, 0.1) is 6.92 Å². The quantitative estimate of drug-likeness (QED) is 0.895. The van der Waals surface area contributed by atoms with E-state index in [0.29, 0.717) is 5.92 Å². The fraction of sp³-hybridized carbons (Fsp3) is 0.500. The highest BCUT2D eigenvalue weighted by atomic mass is 16.5. The molecule has 0 radical (unpaired) electrons. The molecule has 2 heterocycles. The van der Waals surface area contributed by atoms with Gasteiger partial charge in [0.15, 0.2) is 5.76 Å². The molecule has 4 rings (SSSR count). The normalized spacial score (nSPS) is 18.1. The van der Waals surface area contributed by atoms with Crippen molar-refractivity contribution < 1.29 is 9.32 Å². The van der Waals surface area contributed by atoms with Crippen LogP contribution >= 0.6 is 0 Å². The van der Waals surface area contributed by atoms with Crippen molar-refractivity contribution in [2.45, 2.75) is 32.1 Å². The predicted molar refractivity (Wildman–Crippen MR) is 100 cm³/mol. The van der Waals surface area contributed by atoms with Crippen LogP contribution in [0.25, 0.3) is 0 Å². The Hall–Kier alpha value is -2.34. The smallest absolute Gasteiger partial charge is 0.322 e. The maximum atomic E-state index is 12.6. The van der Waals surface area contributed by atoms with Crippen LogP contribution in [0.4, 0.5) is 10.5 Å². The zero-order valence-corrected chi connectivity index (χ0v) is 15.3. The molecule has 1 aliphatic carbocycles. The number of nitrogens with one attached hydrogen (secondary N) is 1. The summed E-state index contributed by atoms with van der Waals surface area (Å²) in [5, 5.41) is 7.06. The number of nitrogens with zero attached hydrogens (tertiary/aromatic N) is 3. The first kappa shape index (κ1) is 17.1. The number of aryl methyl sites for hydroxylation is 1. The first-order valence-corrected chi connectivity index (χ1v) is 9.49. The molecule has 1 aliphatic heterocycles. The summed E-state index contributed by atoms with van der Waals surface area (Å²) in [6.45, 7) is 6.26. The van der Waals surface area contributed by atoms with Gasteiger partial charge in [0.05, 0.1) is 0 Å². The maximum absolute atomic E-state index is 12.6. The monoisotopic (exact) mass is 354 g/mol. The predicted octanol–water partition coefficient (Wildman–Crippen LogP) is 3.25. The molecule has 6 heteroatoms. The van der Waals surface area contributed by atoms with Crippen LogP contribution in [0.1, 0.15) is 35.8 Å². The summed E-state index contributed by atoms with van der Waals surface area (Å²) in [6.07, 6.45) is 3.30. The standard InChI is InChI=1S/C20H26N4O2/c1-15-18(19(26-22-15)17-7-8-17)21-20(25)24-13-11-23(12-14-24)10-9-16-5-3-2-4-6-16/h2-6,17H,7-14H2,1H3,(H,21,25). The summed E-state index contributed by atoms with van der Waals surface area (Å²) in [5.41, 5.74) is 2.91. The molecule has 0 spiro atoms. The number of hydrogen-bond donors (Lipinski definition) is 1. The van der Waals surface area contributed by atoms with Gasteiger partial charge in [-0.15, -0.1) is 0 Å². The van der Waals surface area contributed by atoms with Crippen molar-refractivity contribution in [1.82, 2.24) is 15.0 Å². The van der Waals surface area contributed by atoms with Crippen molar-refractivity contribution in [2.75, 3.05) is 38.0 Å². The maximum Gasteiger partial charge on any atom is 0.322 e. The molecule has 1 saturated carbocycles. The molecule has 1 N–H and O–H groups in total. The van der Waals surface area contributed by atoms with Crippen LogP contribution in [0.3, 0.4) is 0 Å². The van der Waals surface area contributed by atoms with Crippen molar-refractivity contribution in [3.05, 3.63) is 47.3 Å². The summed E-state index contributed by atoms with van der Waals surface area (Å²) in [7, 11) is 0. The van der Waals surface area contributed by atoms with Crippen LogP contribution in [-0.4, -0.2) is 53.7 Å². The number of aromatic nitrogens is 1. The SMILES string of the molecule is Cc1noc(C2CC2)c1NC(=O)N1CCN(CCc2ccccc2)CC1. The molecule has 1 saturated heterocycles. The lowest BCUT2D eigenvalue weighted by atomic mass is 10.1. The van der Waals surface area contributed by atoms with Crippen LogP contribution in [-0.2, 0) is 6.42 Å². The van der Waals surface area contributed by atoms with E-state index in [-0.39, 0.29) is 6.03 Å². The molecule has 1 aromatic heterocycles. The summed E-state index contributed by atoms with van der Waals surface area (Å²) < 4.78 is 5.41. The highest BCUT2D eigenvalue weighted by Crippen LogP contribution is 2.44. The number of urea groups is 1. The van der Waals surface area contributed by atoms with Crippen molar-refractivity contribution in [3.63, 3.8) is 0 Å². The lowest BCUT2D eigenvalue weighted by Gasteiger charge is -2.34. The summed E-state index contributed by atoms with van der Waals surface area (Å²) in [4.78, 5) is 16.9. The molecule has 0 bridgehead atoms. The molecule has 1 aromatic carbocycles. The van der Waals surface area contributed by atoms with E-state index in [9.17, 15) is 4.79 Å². The van der Waals surface area contributed by atoms with Crippen molar-refractivity contribution in [3.8, 4) is 0 Å². The topological polar surface area (TPSA) is 61.6 Å². The van der Waals surface area contributed by atoms with Crippen LogP contribution in [0.5, 0.6) is 0 Å². The van der Waals surface area contributed by atoms with E-state index in [4.69, 9.17) is 4.52 Å². The minimum Gasteiger partial charge on any atom is -0.359 e. The molecule has 6 nitrogen and oxygen atoms in total. The van der Waals surface area contributed by atoms with E-state index in [0.717, 1.165) is 69.1 Å². The second kappa shape index (κ2) is 7.50. The van der Waals surface area contributed by atoms with Gasteiger partial charge < -0.3 is 14.7 Å². The highest BCUT2D eigenvalue weighted by Gasteiger charge is 2.33. The fourth-order valence-corrected chi connectivity index (χ4v) is 3.46. The fourth-order valence-electron chi connectivity index (χ4n) is 3.46. The van der Waals surface area contributed by atoms with Gasteiger partial charge in [0.1, 0.15) is 11.4 Å². The average Bonchev–Trinajstić information content (AvgIpc) is 3.46. The van der Waals surface area contributed by atoms with Gasteiger partial charge >= 0.3 is 6.03 Å². The van der Waals surface area contributed by atoms with Crippen molar-refractivity contribution in [2.24, 2.45) is 0 Å². The minimum atomic E-state index is -0.0408. The molecule has 2 aromatic rings. The Kier molecular flexibility index (Phi) is 4.93. The third-order valence-electron chi connectivity index (χ3n) is 5.29. The Morgan fingerprint density at radius 2 is 1.92 bits per heavy atom. The van der Waals surface area contributed by atoms with Crippen LogP contribution in [0.15, 0.2) is 34.9 Å². The van der Waals surface area contributed by atoms with Crippen molar-refractivity contribution in [1.29, 1.82) is 0 Å².